The molecule has 2 rings (SSSR count). The summed E-state index contributed by atoms with van der Waals surface area (Å²) in [6.45, 7) is 5.68. The molecule has 25 heavy (non-hydrogen) atoms. The van der Waals surface area contributed by atoms with Crippen LogP contribution in [0.5, 0.6) is 0 Å². The summed E-state index contributed by atoms with van der Waals surface area (Å²) in [6, 6.07) is 8.72. The molecular formula is C19H24N4O2. The van der Waals surface area contributed by atoms with Crippen LogP contribution in [0, 0.1) is 6.92 Å². The van der Waals surface area contributed by atoms with Gasteiger partial charge in [-0.3, -0.25) is 9.59 Å². The maximum absolute atomic E-state index is 12.5. The zero-order valence-electron chi connectivity index (χ0n) is 15.3. The van der Waals surface area contributed by atoms with Crippen LogP contribution >= 0.6 is 0 Å². The maximum Gasteiger partial charge on any atom is 0.255 e. The summed E-state index contributed by atoms with van der Waals surface area (Å²) in [7, 11) is 3.73. The molecule has 1 aromatic heterocycles. The fourth-order valence-corrected chi connectivity index (χ4v) is 2.29. The van der Waals surface area contributed by atoms with E-state index in [0.29, 0.717) is 22.6 Å². The lowest BCUT2D eigenvalue weighted by Crippen LogP contribution is -2.30. The largest absolute Gasteiger partial charge is 0.363 e. The van der Waals surface area contributed by atoms with Gasteiger partial charge in [-0.2, -0.15) is 0 Å². The average Bonchev–Trinajstić information content (AvgIpc) is 2.56. The van der Waals surface area contributed by atoms with E-state index < -0.39 is 0 Å². The van der Waals surface area contributed by atoms with Crippen molar-refractivity contribution < 1.29 is 9.59 Å². The van der Waals surface area contributed by atoms with Crippen molar-refractivity contribution in [1.29, 1.82) is 0 Å². The van der Waals surface area contributed by atoms with Crippen LogP contribution in [0.3, 0.4) is 0 Å². The molecule has 0 fully saturated rings. The molecule has 0 aliphatic heterocycles. The van der Waals surface area contributed by atoms with Gasteiger partial charge in [0.1, 0.15) is 5.82 Å². The highest BCUT2D eigenvalue weighted by Gasteiger charge is 2.13. The zero-order valence-corrected chi connectivity index (χ0v) is 15.3. The average molecular weight is 340 g/mol. The predicted molar refractivity (Wildman–Crippen MR) is 100 cm³/mol. The molecule has 0 bridgehead atoms. The Morgan fingerprint density at radius 2 is 1.80 bits per heavy atom. The van der Waals surface area contributed by atoms with Crippen LogP contribution in [0.4, 0.5) is 11.5 Å². The summed E-state index contributed by atoms with van der Waals surface area (Å²) in [6.07, 6.45) is 1.60. The smallest absolute Gasteiger partial charge is 0.255 e. The molecule has 6 nitrogen and oxygen atoms in total. The Balaban J connectivity index is 2.21. The van der Waals surface area contributed by atoms with Gasteiger partial charge in [0.15, 0.2) is 0 Å². The van der Waals surface area contributed by atoms with Crippen molar-refractivity contribution in [2.75, 3.05) is 24.3 Å². The second kappa shape index (κ2) is 7.79. The first-order valence-electron chi connectivity index (χ1n) is 8.14. The number of hydrogen-bond donors (Lipinski definition) is 2. The number of pyridine rings is 1. The Morgan fingerprint density at radius 3 is 2.44 bits per heavy atom. The molecule has 0 aliphatic carbocycles. The Bertz CT molecular complexity index is 785. The summed E-state index contributed by atoms with van der Waals surface area (Å²) >= 11 is 0. The number of nitrogens with one attached hydrogen (secondary N) is 2. The monoisotopic (exact) mass is 340 g/mol. The number of carbonyl (C=O) groups excluding carboxylic acids is 2. The highest BCUT2D eigenvalue weighted by atomic mass is 16.2. The topological polar surface area (TPSA) is 74.3 Å². The van der Waals surface area contributed by atoms with Gasteiger partial charge in [0, 0.05) is 43.1 Å². The van der Waals surface area contributed by atoms with Crippen LogP contribution in [0.25, 0.3) is 0 Å². The number of amides is 2. The van der Waals surface area contributed by atoms with Gasteiger partial charge in [0.25, 0.3) is 11.8 Å². The van der Waals surface area contributed by atoms with Crippen LogP contribution in [-0.4, -0.2) is 36.9 Å². The van der Waals surface area contributed by atoms with E-state index in [9.17, 15) is 9.59 Å². The molecule has 2 amide bonds. The highest BCUT2D eigenvalue weighted by Crippen LogP contribution is 2.17. The lowest BCUT2D eigenvalue weighted by Gasteiger charge is -2.14. The third kappa shape index (κ3) is 4.79. The Hall–Kier alpha value is -2.89. The fraction of sp³-hybridized carbons (Fsp3) is 0.316. The third-order valence-corrected chi connectivity index (χ3v) is 3.63. The summed E-state index contributed by atoms with van der Waals surface area (Å²) in [4.78, 5) is 30.8. The normalized spacial score (nSPS) is 10.5. The van der Waals surface area contributed by atoms with Crippen molar-refractivity contribution in [2.45, 2.75) is 26.8 Å². The van der Waals surface area contributed by atoms with E-state index >= 15 is 0 Å². The second-order valence-corrected chi connectivity index (χ2v) is 6.41. The van der Waals surface area contributed by atoms with Gasteiger partial charge < -0.3 is 15.5 Å². The van der Waals surface area contributed by atoms with Crippen LogP contribution < -0.4 is 15.5 Å². The van der Waals surface area contributed by atoms with E-state index in [1.165, 1.54) is 0 Å². The van der Waals surface area contributed by atoms with Crippen molar-refractivity contribution in [3.05, 3.63) is 53.2 Å². The minimum atomic E-state index is -0.246. The van der Waals surface area contributed by atoms with Gasteiger partial charge in [0.05, 0.1) is 0 Å². The van der Waals surface area contributed by atoms with Crippen molar-refractivity contribution in [3.8, 4) is 0 Å². The lowest BCUT2D eigenvalue weighted by molar-refractivity contribution is 0.0941. The standard InChI is InChI=1S/C19H24N4O2/c1-12(2)21-19(25)16-11-15(7-6-13(16)3)22-18(24)14-8-9-20-17(10-14)23(4)5/h6-12H,1-5H3,(H,21,25)(H,22,24). The molecule has 132 valence electrons. The van der Waals surface area contributed by atoms with Crippen molar-refractivity contribution >= 4 is 23.3 Å². The van der Waals surface area contributed by atoms with Crippen LogP contribution in [-0.2, 0) is 0 Å². The van der Waals surface area contributed by atoms with Gasteiger partial charge in [0.2, 0.25) is 0 Å². The van der Waals surface area contributed by atoms with Gasteiger partial charge in [-0.25, -0.2) is 4.98 Å². The van der Waals surface area contributed by atoms with Crippen molar-refractivity contribution in [2.24, 2.45) is 0 Å². The molecule has 1 heterocycles. The molecule has 0 atom stereocenters. The molecule has 0 saturated heterocycles. The first kappa shape index (κ1) is 18.4. The molecule has 2 aromatic rings. The van der Waals surface area contributed by atoms with Crippen molar-refractivity contribution in [1.82, 2.24) is 10.3 Å². The first-order valence-corrected chi connectivity index (χ1v) is 8.14. The minimum Gasteiger partial charge on any atom is -0.363 e. The third-order valence-electron chi connectivity index (χ3n) is 3.63. The second-order valence-electron chi connectivity index (χ2n) is 6.41. The molecule has 2 N–H and O–H groups in total. The molecule has 6 heteroatoms. The number of nitrogens with zero attached hydrogens (tertiary/aromatic N) is 2. The molecule has 0 radical (unpaired) electrons. The van der Waals surface area contributed by atoms with E-state index in [1.807, 2.05) is 45.8 Å². The molecule has 0 saturated carbocycles. The van der Waals surface area contributed by atoms with Gasteiger partial charge in [-0.15, -0.1) is 0 Å². The molecule has 0 unspecified atom stereocenters. The number of anilines is 2. The van der Waals surface area contributed by atoms with Gasteiger partial charge >= 0.3 is 0 Å². The molecular weight excluding hydrogens is 316 g/mol. The van der Waals surface area contributed by atoms with Crippen molar-refractivity contribution in [3.63, 3.8) is 0 Å². The molecule has 0 spiro atoms. The van der Waals surface area contributed by atoms with Crippen LogP contribution in [0.15, 0.2) is 36.5 Å². The fourth-order valence-electron chi connectivity index (χ4n) is 2.29. The van der Waals surface area contributed by atoms with E-state index in [4.69, 9.17) is 0 Å². The van der Waals surface area contributed by atoms with Crippen LogP contribution in [0.1, 0.15) is 40.1 Å². The highest BCUT2D eigenvalue weighted by molar-refractivity contribution is 6.05. The maximum atomic E-state index is 12.5. The van der Waals surface area contributed by atoms with E-state index in [-0.39, 0.29) is 17.9 Å². The summed E-state index contributed by atoms with van der Waals surface area (Å²) in [5.74, 6) is 0.306. The quantitative estimate of drug-likeness (QED) is 0.878. The van der Waals surface area contributed by atoms with Gasteiger partial charge in [-0.1, -0.05) is 6.07 Å². The number of aryl methyl sites for hydroxylation is 1. The lowest BCUT2D eigenvalue weighted by atomic mass is 10.1. The summed E-state index contributed by atoms with van der Waals surface area (Å²) in [5.41, 5.74) is 2.49. The zero-order chi connectivity index (χ0) is 18.6. The van der Waals surface area contributed by atoms with Crippen LogP contribution in [0.2, 0.25) is 0 Å². The SMILES string of the molecule is Cc1ccc(NC(=O)c2ccnc(N(C)C)c2)cc1C(=O)NC(C)C. The van der Waals surface area contributed by atoms with Gasteiger partial charge in [-0.05, 0) is 50.6 Å². The summed E-state index contributed by atoms with van der Waals surface area (Å²) < 4.78 is 0. The van der Waals surface area contributed by atoms with E-state index in [0.717, 1.165) is 5.56 Å². The first-order chi connectivity index (χ1) is 11.8. The minimum absolute atomic E-state index is 0.0476. The Morgan fingerprint density at radius 1 is 1.08 bits per heavy atom. The number of carbonyl (C=O) groups is 2. The number of hydrogen-bond acceptors (Lipinski definition) is 4. The van der Waals surface area contributed by atoms with E-state index in [2.05, 4.69) is 15.6 Å². The predicted octanol–water partition coefficient (Wildman–Crippen LogP) is 2.85. The molecule has 1 aromatic carbocycles. The molecule has 0 aliphatic rings. The number of aromatic nitrogens is 1. The Labute approximate surface area is 148 Å². The number of benzene rings is 1. The summed E-state index contributed by atoms with van der Waals surface area (Å²) in [5, 5.41) is 5.70. The van der Waals surface area contributed by atoms with E-state index in [1.54, 1.807) is 30.5 Å². The Kier molecular flexibility index (Phi) is 5.75. The number of rotatable bonds is 5.